The van der Waals surface area contributed by atoms with Gasteiger partial charge in [-0.05, 0) is 25.0 Å². The Hall–Kier alpha value is -1.92. The molecule has 1 heterocycles. The smallest absolute Gasteiger partial charge is 0.303 e. The molecule has 2 rings (SSSR count). The number of carboxylic acids is 1. The van der Waals surface area contributed by atoms with Crippen molar-refractivity contribution in [3.05, 3.63) is 40.4 Å². The lowest BCUT2D eigenvalue weighted by molar-refractivity contribution is -0.137. The number of carboxylic acid groups (broad SMARTS) is 1. The SMILES string of the molecule is O=C(O)CCCCCNC(=O)Cc1csc(-c2cccc(Cl)c2)n1. The Kier molecular flexibility index (Phi) is 7.21. The molecule has 0 unspecified atom stereocenters. The third-order valence-corrected chi connectivity index (χ3v) is 4.53. The molecule has 2 aromatic rings. The Morgan fingerprint density at radius 3 is 2.83 bits per heavy atom. The molecule has 0 saturated carbocycles. The molecule has 1 aromatic carbocycles. The van der Waals surface area contributed by atoms with Crippen LogP contribution >= 0.6 is 22.9 Å². The van der Waals surface area contributed by atoms with E-state index in [1.54, 1.807) is 0 Å². The topological polar surface area (TPSA) is 79.3 Å². The third-order valence-electron chi connectivity index (χ3n) is 3.35. The van der Waals surface area contributed by atoms with Gasteiger partial charge in [-0.15, -0.1) is 11.3 Å². The van der Waals surface area contributed by atoms with E-state index in [0.717, 1.165) is 29.1 Å². The minimum atomic E-state index is -0.780. The van der Waals surface area contributed by atoms with Crippen molar-refractivity contribution < 1.29 is 14.7 Å². The van der Waals surface area contributed by atoms with E-state index in [9.17, 15) is 9.59 Å². The summed E-state index contributed by atoms with van der Waals surface area (Å²) in [6, 6.07) is 7.46. The van der Waals surface area contributed by atoms with Crippen molar-refractivity contribution in [1.82, 2.24) is 10.3 Å². The summed E-state index contributed by atoms with van der Waals surface area (Å²) in [5.74, 6) is -0.853. The van der Waals surface area contributed by atoms with Crippen molar-refractivity contribution in [2.75, 3.05) is 6.54 Å². The highest BCUT2D eigenvalue weighted by molar-refractivity contribution is 7.13. The van der Waals surface area contributed by atoms with E-state index in [1.165, 1.54) is 11.3 Å². The second kappa shape index (κ2) is 9.39. The van der Waals surface area contributed by atoms with Crippen molar-refractivity contribution in [3.8, 4) is 10.6 Å². The second-order valence-corrected chi connectivity index (χ2v) is 6.68. The Bertz CT molecular complexity index is 703. The van der Waals surface area contributed by atoms with Gasteiger partial charge in [0.15, 0.2) is 0 Å². The van der Waals surface area contributed by atoms with Crippen LogP contribution in [0.4, 0.5) is 0 Å². The molecular formula is C17H19ClN2O3S. The zero-order chi connectivity index (χ0) is 17.4. The van der Waals surface area contributed by atoms with Crippen molar-refractivity contribution >= 4 is 34.8 Å². The van der Waals surface area contributed by atoms with Crippen LogP contribution in [0.3, 0.4) is 0 Å². The average molecular weight is 367 g/mol. The Labute approximate surface area is 149 Å². The fourth-order valence-corrected chi connectivity index (χ4v) is 3.18. The summed E-state index contributed by atoms with van der Waals surface area (Å²) in [5, 5.41) is 14.7. The maximum atomic E-state index is 11.9. The minimum Gasteiger partial charge on any atom is -0.481 e. The molecule has 5 nitrogen and oxygen atoms in total. The van der Waals surface area contributed by atoms with E-state index in [4.69, 9.17) is 16.7 Å². The predicted octanol–water partition coefficient (Wildman–Crippen LogP) is 3.77. The highest BCUT2D eigenvalue weighted by atomic mass is 35.5. The maximum absolute atomic E-state index is 11.9. The molecule has 7 heteroatoms. The van der Waals surface area contributed by atoms with Gasteiger partial charge < -0.3 is 10.4 Å². The number of aromatic nitrogens is 1. The highest BCUT2D eigenvalue weighted by Crippen LogP contribution is 2.26. The molecule has 0 bridgehead atoms. The van der Waals surface area contributed by atoms with E-state index >= 15 is 0 Å². The molecule has 0 atom stereocenters. The van der Waals surface area contributed by atoms with Gasteiger partial charge in [-0.1, -0.05) is 30.2 Å². The van der Waals surface area contributed by atoms with Crippen LogP contribution in [-0.2, 0) is 16.0 Å². The number of nitrogens with one attached hydrogen (secondary N) is 1. The molecule has 128 valence electrons. The molecular weight excluding hydrogens is 348 g/mol. The molecule has 1 aromatic heterocycles. The third kappa shape index (κ3) is 6.29. The van der Waals surface area contributed by atoms with Crippen LogP contribution < -0.4 is 5.32 Å². The first-order chi connectivity index (χ1) is 11.5. The summed E-state index contributed by atoms with van der Waals surface area (Å²) in [7, 11) is 0. The first-order valence-electron chi connectivity index (χ1n) is 7.73. The van der Waals surface area contributed by atoms with Gasteiger partial charge in [0.1, 0.15) is 5.01 Å². The number of carbonyl (C=O) groups excluding carboxylic acids is 1. The standard InChI is InChI=1S/C17H19ClN2O3S/c18-13-6-4-5-12(9-13)17-20-14(11-24-17)10-15(21)19-8-3-1-2-7-16(22)23/h4-6,9,11H,1-3,7-8,10H2,(H,19,21)(H,22,23). The summed E-state index contributed by atoms with van der Waals surface area (Å²) in [6.45, 7) is 0.559. The zero-order valence-corrected chi connectivity index (χ0v) is 14.7. The number of benzene rings is 1. The molecule has 0 radical (unpaired) electrons. The first-order valence-corrected chi connectivity index (χ1v) is 8.99. The van der Waals surface area contributed by atoms with Gasteiger partial charge in [-0.2, -0.15) is 0 Å². The lowest BCUT2D eigenvalue weighted by Crippen LogP contribution is -2.26. The molecule has 0 aliphatic rings. The molecule has 0 aliphatic carbocycles. The average Bonchev–Trinajstić information content (AvgIpc) is 2.99. The van der Waals surface area contributed by atoms with Gasteiger partial charge in [0.2, 0.25) is 5.91 Å². The van der Waals surface area contributed by atoms with Crippen molar-refractivity contribution in [2.24, 2.45) is 0 Å². The van der Waals surface area contributed by atoms with Crippen LogP contribution in [0.15, 0.2) is 29.6 Å². The number of unbranched alkanes of at least 4 members (excludes halogenated alkanes) is 2. The van der Waals surface area contributed by atoms with E-state index in [-0.39, 0.29) is 18.7 Å². The monoisotopic (exact) mass is 366 g/mol. The largest absolute Gasteiger partial charge is 0.481 e. The van der Waals surface area contributed by atoms with Gasteiger partial charge in [0, 0.05) is 28.9 Å². The number of hydrogen-bond acceptors (Lipinski definition) is 4. The fourth-order valence-electron chi connectivity index (χ4n) is 2.18. The van der Waals surface area contributed by atoms with Gasteiger partial charge in [0.05, 0.1) is 12.1 Å². The minimum absolute atomic E-state index is 0.0730. The molecule has 0 aliphatic heterocycles. The van der Waals surface area contributed by atoms with E-state index in [1.807, 2.05) is 29.6 Å². The van der Waals surface area contributed by atoms with Crippen LogP contribution in [0, 0.1) is 0 Å². The van der Waals surface area contributed by atoms with Crippen molar-refractivity contribution in [1.29, 1.82) is 0 Å². The first kappa shape index (κ1) is 18.4. The van der Waals surface area contributed by atoms with E-state index in [0.29, 0.717) is 18.0 Å². The van der Waals surface area contributed by atoms with Gasteiger partial charge in [-0.3, -0.25) is 9.59 Å². The highest BCUT2D eigenvalue weighted by Gasteiger charge is 2.09. The summed E-state index contributed by atoms with van der Waals surface area (Å²) in [5.41, 5.74) is 1.68. The second-order valence-electron chi connectivity index (χ2n) is 5.39. The van der Waals surface area contributed by atoms with Crippen molar-refractivity contribution in [3.63, 3.8) is 0 Å². The van der Waals surface area contributed by atoms with Crippen LogP contribution in [0.5, 0.6) is 0 Å². The summed E-state index contributed by atoms with van der Waals surface area (Å²) in [4.78, 5) is 26.7. The number of rotatable bonds is 9. The van der Waals surface area contributed by atoms with Crippen LogP contribution in [0.25, 0.3) is 10.6 Å². The fraction of sp³-hybridized carbons (Fsp3) is 0.353. The Balaban J connectivity index is 1.74. The van der Waals surface area contributed by atoms with E-state index < -0.39 is 5.97 Å². The van der Waals surface area contributed by atoms with Gasteiger partial charge >= 0.3 is 5.97 Å². The molecule has 0 fully saturated rings. The van der Waals surface area contributed by atoms with E-state index in [2.05, 4.69) is 10.3 Å². The Morgan fingerprint density at radius 1 is 1.25 bits per heavy atom. The van der Waals surface area contributed by atoms with Gasteiger partial charge in [0.25, 0.3) is 0 Å². The lowest BCUT2D eigenvalue weighted by atomic mass is 10.2. The number of aliphatic carboxylic acids is 1. The Morgan fingerprint density at radius 2 is 2.08 bits per heavy atom. The van der Waals surface area contributed by atoms with Crippen molar-refractivity contribution in [2.45, 2.75) is 32.1 Å². The number of halogens is 1. The molecule has 0 saturated heterocycles. The van der Waals surface area contributed by atoms with Crippen LogP contribution in [0.1, 0.15) is 31.4 Å². The van der Waals surface area contributed by atoms with Gasteiger partial charge in [-0.25, -0.2) is 4.98 Å². The number of thiazole rings is 1. The predicted molar refractivity (Wildman–Crippen MR) is 95.4 cm³/mol. The summed E-state index contributed by atoms with van der Waals surface area (Å²) in [6.07, 6.45) is 2.64. The van der Waals surface area contributed by atoms with Crippen LogP contribution in [0.2, 0.25) is 5.02 Å². The zero-order valence-electron chi connectivity index (χ0n) is 13.1. The quantitative estimate of drug-likeness (QED) is 0.662. The normalized spacial score (nSPS) is 10.5. The molecule has 0 spiro atoms. The maximum Gasteiger partial charge on any atom is 0.303 e. The number of hydrogen-bond donors (Lipinski definition) is 2. The molecule has 1 amide bonds. The summed E-state index contributed by atoms with van der Waals surface area (Å²) >= 11 is 7.46. The number of nitrogens with zero attached hydrogens (tertiary/aromatic N) is 1. The summed E-state index contributed by atoms with van der Waals surface area (Å²) < 4.78 is 0. The number of carbonyl (C=O) groups is 2. The number of amides is 1. The molecule has 24 heavy (non-hydrogen) atoms. The van der Waals surface area contributed by atoms with Crippen LogP contribution in [-0.4, -0.2) is 28.5 Å². The lowest BCUT2D eigenvalue weighted by Gasteiger charge is -2.03. The molecule has 2 N–H and O–H groups in total.